The highest BCUT2D eigenvalue weighted by Gasteiger charge is 2.14. The number of ketones is 1. The number of rotatable bonds is 4. The summed E-state index contributed by atoms with van der Waals surface area (Å²) in [6.45, 7) is 1.90. The monoisotopic (exact) mass is 303 g/mol. The van der Waals surface area contributed by atoms with Crippen LogP contribution in [0, 0.1) is 6.92 Å². The molecule has 0 aliphatic rings. The summed E-state index contributed by atoms with van der Waals surface area (Å²) in [7, 11) is 0. The predicted molar refractivity (Wildman–Crippen MR) is 93.0 cm³/mol. The first kappa shape index (κ1) is 14.8. The number of nitrogens with two attached hydrogens (primary N) is 1. The molecule has 0 spiro atoms. The predicted octanol–water partition coefficient (Wildman–Crippen LogP) is 3.95. The third kappa shape index (κ3) is 3.06. The standard InChI is InChI=1S/C19H17N3O/c1-13-11-21-12-17(18(13)20)22-16-10-6-5-9-15(16)19(23)14-7-3-2-4-8-14/h2-12,22H,1H3,(H2,20,21). The minimum Gasteiger partial charge on any atom is -0.397 e. The quantitative estimate of drug-likeness (QED) is 0.716. The fourth-order valence-electron chi connectivity index (χ4n) is 2.35. The van der Waals surface area contributed by atoms with Gasteiger partial charge in [0.25, 0.3) is 0 Å². The van der Waals surface area contributed by atoms with Crippen LogP contribution in [-0.4, -0.2) is 10.8 Å². The number of para-hydroxylation sites is 1. The van der Waals surface area contributed by atoms with Crippen LogP contribution in [0.3, 0.4) is 0 Å². The van der Waals surface area contributed by atoms with Gasteiger partial charge in [0.15, 0.2) is 5.78 Å². The second-order valence-electron chi connectivity index (χ2n) is 5.28. The molecule has 4 heteroatoms. The summed E-state index contributed by atoms with van der Waals surface area (Å²) in [4.78, 5) is 16.9. The minimum absolute atomic E-state index is 0.0344. The van der Waals surface area contributed by atoms with E-state index < -0.39 is 0 Å². The highest BCUT2D eigenvalue weighted by Crippen LogP contribution is 2.27. The number of benzene rings is 2. The Balaban J connectivity index is 1.98. The van der Waals surface area contributed by atoms with Crippen LogP contribution in [0.1, 0.15) is 21.5 Å². The Morgan fingerprint density at radius 2 is 1.65 bits per heavy atom. The molecule has 0 saturated heterocycles. The topological polar surface area (TPSA) is 68.0 Å². The smallest absolute Gasteiger partial charge is 0.195 e. The Labute approximate surface area is 135 Å². The van der Waals surface area contributed by atoms with E-state index in [0.29, 0.717) is 28.2 Å². The summed E-state index contributed by atoms with van der Waals surface area (Å²) in [5, 5.41) is 3.22. The molecule has 0 saturated carbocycles. The summed E-state index contributed by atoms with van der Waals surface area (Å²) >= 11 is 0. The largest absolute Gasteiger partial charge is 0.397 e. The van der Waals surface area contributed by atoms with Crippen molar-refractivity contribution < 1.29 is 4.79 Å². The van der Waals surface area contributed by atoms with Crippen LogP contribution in [0.15, 0.2) is 67.0 Å². The molecule has 0 unspecified atom stereocenters. The van der Waals surface area contributed by atoms with Gasteiger partial charge in [0.2, 0.25) is 0 Å². The van der Waals surface area contributed by atoms with E-state index in [4.69, 9.17) is 5.73 Å². The van der Waals surface area contributed by atoms with Crippen molar-refractivity contribution >= 4 is 22.8 Å². The fraction of sp³-hybridized carbons (Fsp3) is 0.0526. The molecule has 1 heterocycles. The van der Waals surface area contributed by atoms with Gasteiger partial charge in [-0.05, 0) is 24.6 Å². The summed E-state index contributed by atoms with van der Waals surface area (Å²) in [5.74, 6) is -0.0344. The zero-order chi connectivity index (χ0) is 16.2. The number of hydrogen-bond acceptors (Lipinski definition) is 4. The second-order valence-corrected chi connectivity index (χ2v) is 5.28. The Morgan fingerprint density at radius 3 is 2.43 bits per heavy atom. The molecular weight excluding hydrogens is 286 g/mol. The van der Waals surface area contributed by atoms with Gasteiger partial charge in [0.05, 0.1) is 17.6 Å². The van der Waals surface area contributed by atoms with Crippen molar-refractivity contribution in [3.63, 3.8) is 0 Å². The lowest BCUT2D eigenvalue weighted by Gasteiger charge is -2.13. The first-order valence-electron chi connectivity index (χ1n) is 7.32. The van der Waals surface area contributed by atoms with E-state index in [1.54, 1.807) is 18.5 Å². The molecule has 23 heavy (non-hydrogen) atoms. The Morgan fingerprint density at radius 1 is 0.957 bits per heavy atom. The van der Waals surface area contributed by atoms with Crippen molar-refractivity contribution in [3.05, 3.63) is 83.7 Å². The van der Waals surface area contributed by atoms with Crippen LogP contribution in [0.4, 0.5) is 17.1 Å². The van der Waals surface area contributed by atoms with E-state index in [-0.39, 0.29) is 5.78 Å². The number of aryl methyl sites for hydroxylation is 1. The zero-order valence-corrected chi connectivity index (χ0v) is 12.8. The number of anilines is 3. The van der Waals surface area contributed by atoms with Crippen LogP contribution >= 0.6 is 0 Å². The van der Waals surface area contributed by atoms with Gasteiger partial charge in [-0.3, -0.25) is 9.78 Å². The maximum atomic E-state index is 12.7. The van der Waals surface area contributed by atoms with Gasteiger partial charge < -0.3 is 11.1 Å². The first-order chi connectivity index (χ1) is 11.2. The van der Waals surface area contributed by atoms with Gasteiger partial charge >= 0.3 is 0 Å². The van der Waals surface area contributed by atoms with E-state index in [9.17, 15) is 4.79 Å². The molecule has 4 nitrogen and oxygen atoms in total. The van der Waals surface area contributed by atoms with Crippen LogP contribution < -0.4 is 11.1 Å². The lowest BCUT2D eigenvalue weighted by Crippen LogP contribution is -2.06. The third-order valence-corrected chi connectivity index (χ3v) is 3.66. The third-order valence-electron chi connectivity index (χ3n) is 3.66. The molecule has 3 N–H and O–H groups in total. The Hall–Kier alpha value is -3.14. The van der Waals surface area contributed by atoms with Crippen LogP contribution in [0.25, 0.3) is 0 Å². The van der Waals surface area contributed by atoms with Gasteiger partial charge in [-0.15, -0.1) is 0 Å². The van der Waals surface area contributed by atoms with Gasteiger partial charge in [-0.2, -0.15) is 0 Å². The SMILES string of the molecule is Cc1cncc(Nc2ccccc2C(=O)c2ccccc2)c1N. The molecule has 0 aliphatic carbocycles. The molecule has 114 valence electrons. The Bertz CT molecular complexity index is 844. The van der Waals surface area contributed by atoms with E-state index in [1.165, 1.54) is 0 Å². The summed E-state index contributed by atoms with van der Waals surface area (Å²) in [6.07, 6.45) is 3.37. The normalized spacial score (nSPS) is 10.3. The van der Waals surface area contributed by atoms with Crippen LogP contribution in [-0.2, 0) is 0 Å². The second kappa shape index (κ2) is 6.32. The van der Waals surface area contributed by atoms with Crippen molar-refractivity contribution in [2.45, 2.75) is 6.92 Å². The maximum Gasteiger partial charge on any atom is 0.195 e. The van der Waals surface area contributed by atoms with Crippen molar-refractivity contribution in [3.8, 4) is 0 Å². The highest BCUT2D eigenvalue weighted by molar-refractivity contribution is 6.12. The minimum atomic E-state index is -0.0344. The zero-order valence-electron chi connectivity index (χ0n) is 12.8. The molecule has 0 amide bonds. The molecule has 1 aromatic heterocycles. The van der Waals surface area contributed by atoms with Crippen LogP contribution in [0.2, 0.25) is 0 Å². The fourth-order valence-corrected chi connectivity index (χ4v) is 2.35. The van der Waals surface area contributed by atoms with Crippen molar-refractivity contribution in [2.24, 2.45) is 0 Å². The molecule has 3 aromatic rings. The summed E-state index contributed by atoms with van der Waals surface area (Å²) in [5.41, 5.74) is 10.2. The number of carbonyl (C=O) groups excluding carboxylic acids is 1. The number of aromatic nitrogens is 1. The number of nitrogens with one attached hydrogen (secondary N) is 1. The van der Waals surface area contributed by atoms with E-state index in [2.05, 4.69) is 10.3 Å². The van der Waals surface area contributed by atoms with Crippen LogP contribution in [0.5, 0.6) is 0 Å². The van der Waals surface area contributed by atoms with Gasteiger partial charge in [-0.25, -0.2) is 0 Å². The molecule has 0 atom stereocenters. The van der Waals surface area contributed by atoms with E-state index in [0.717, 1.165) is 5.56 Å². The van der Waals surface area contributed by atoms with Gasteiger partial charge in [0.1, 0.15) is 0 Å². The average molecular weight is 303 g/mol. The molecule has 0 fully saturated rings. The van der Waals surface area contributed by atoms with E-state index >= 15 is 0 Å². The van der Waals surface area contributed by atoms with Crippen molar-refractivity contribution in [1.29, 1.82) is 0 Å². The molecular formula is C19H17N3O. The number of pyridine rings is 1. The maximum absolute atomic E-state index is 12.7. The van der Waals surface area contributed by atoms with Gasteiger partial charge in [0, 0.05) is 23.0 Å². The summed E-state index contributed by atoms with van der Waals surface area (Å²) in [6, 6.07) is 16.6. The molecule has 2 aromatic carbocycles. The number of hydrogen-bond donors (Lipinski definition) is 2. The van der Waals surface area contributed by atoms with Crippen molar-refractivity contribution in [1.82, 2.24) is 4.98 Å². The lowest BCUT2D eigenvalue weighted by atomic mass is 10.0. The van der Waals surface area contributed by atoms with E-state index in [1.807, 2.05) is 55.5 Å². The molecule has 0 bridgehead atoms. The van der Waals surface area contributed by atoms with Gasteiger partial charge in [-0.1, -0.05) is 42.5 Å². The summed E-state index contributed by atoms with van der Waals surface area (Å²) < 4.78 is 0. The molecule has 0 aliphatic heterocycles. The lowest BCUT2D eigenvalue weighted by molar-refractivity contribution is 0.103. The molecule has 3 rings (SSSR count). The first-order valence-corrected chi connectivity index (χ1v) is 7.32. The molecule has 0 radical (unpaired) electrons. The highest BCUT2D eigenvalue weighted by atomic mass is 16.1. The number of carbonyl (C=O) groups is 1. The number of nitrogen functional groups attached to an aromatic ring is 1. The van der Waals surface area contributed by atoms with Crippen molar-refractivity contribution in [2.75, 3.05) is 11.1 Å². The average Bonchev–Trinajstić information content (AvgIpc) is 2.60. The Kier molecular flexibility index (Phi) is 4.06. The number of nitrogens with zero attached hydrogens (tertiary/aromatic N) is 1.